The van der Waals surface area contributed by atoms with Gasteiger partial charge in [-0.25, -0.2) is 0 Å². The summed E-state index contributed by atoms with van der Waals surface area (Å²) in [5, 5.41) is 4.51. The third kappa shape index (κ3) is 5.74. The van der Waals surface area contributed by atoms with E-state index in [1.807, 2.05) is 29.7 Å². The Hall–Kier alpha value is -2.18. The Kier molecular flexibility index (Phi) is 8.27. The zero-order valence-electron chi connectivity index (χ0n) is 19.8. The van der Waals surface area contributed by atoms with E-state index in [4.69, 9.17) is 4.74 Å². The molecule has 0 unspecified atom stereocenters. The number of benzene rings is 1. The van der Waals surface area contributed by atoms with Crippen LogP contribution in [0.2, 0.25) is 0 Å². The third-order valence-corrected chi connectivity index (χ3v) is 6.73. The number of aryl methyl sites for hydroxylation is 2. The van der Waals surface area contributed by atoms with E-state index in [-0.39, 0.29) is 17.9 Å². The first kappa shape index (κ1) is 23.5. The predicted octanol–water partition coefficient (Wildman–Crippen LogP) is 3.36. The SMILES string of the molecule is COC[C@@H]1[C@H](C(=O)N(C)CCCc2c(C)nn(C)c2C)CCCN1Cc1ccccc1. The molecule has 1 fully saturated rings. The van der Waals surface area contributed by atoms with Crippen LogP contribution >= 0.6 is 0 Å². The second-order valence-corrected chi connectivity index (χ2v) is 8.86. The Morgan fingerprint density at radius 1 is 1.26 bits per heavy atom. The molecule has 1 aliphatic heterocycles. The molecule has 1 amide bonds. The second kappa shape index (κ2) is 10.9. The van der Waals surface area contributed by atoms with Crippen molar-refractivity contribution in [2.24, 2.45) is 13.0 Å². The highest BCUT2D eigenvalue weighted by molar-refractivity contribution is 5.79. The molecule has 2 atom stereocenters. The van der Waals surface area contributed by atoms with Gasteiger partial charge in [-0.2, -0.15) is 5.10 Å². The molecule has 1 saturated heterocycles. The molecular formula is C25H38N4O2. The molecule has 0 N–H and O–H groups in total. The van der Waals surface area contributed by atoms with Crippen LogP contribution in [0.5, 0.6) is 0 Å². The number of piperidine rings is 1. The fourth-order valence-corrected chi connectivity index (χ4v) is 4.89. The van der Waals surface area contributed by atoms with Crippen LogP contribution < -0.4 is 0 Å². The zero-order chi connectivity index (χ0) is 22.4. The number of carbonyl (C=O) groups is 1. The summed E-state index contributed by atoms with van der Waals surface area (Å²) in [6.45, 7) is 7.41. The topological polar surface area (TPSA) is 50.6 Å². The Morgan fingerprint density at radius 2 is 2.00 bits per heavy atom. The number of nitrogens with zero attached hydrogens (tertiary/aromatic N) is 4. The molecule has 0 spiro atoms. The van der Waals surface area contributed by atoms with Gasteiger partial charge in [0.25, 0.3) is 0 Å². The van der Waals surface area contributed by atoms with Gasteiger partial charge in [0.1, 0.15) is 0 Å². The molecule has 0 aliphatic carbocycles. The monoisotopic (exact) mass is 426 g/mol. The summed E-state index contributed by atoms with van der Waals surface area (Å²) < 4.78 is 7.50. The summed E-state index contributed by atoms with van der Waals surface area (Å²) in [7, 11) is 5.67. The number of rotatable bonds is 9. The predicted molar refractivity (Wildman–Crippen MR) is 124 cm³/mol. The van der Waals surface area contributed by atoms with Crippen LogP contribution in [0.3, 0.4) is 0 Å². The molecule has 1 aliphatic rings. The molecule has 0 radical (unpaired) electrons. The highest BCUT2D eigenvalue weighted by Crippen LogP contribution is 2.27. The van der Waals surface area contributed by atoms with Gasteiger partial charge in [0.15, 0.2) is 0 Å². The Morgan fingerprint density at radius 3 is 2.65 bits per heavy atom. The quantitative estimate of drug-likeness (QED) is 0.617. The number of amides is 1. The van der Waals surface area contributed by atoms with Crippen LogP contribution in [0, 0.1) is 19.8 Å². The van der Waals surface area contributed by atoms with E-state index >= 15 is 0 Å². The van der Waals surface area contributed by atoms with Gasteiger partial charge < -0.3 is 9.64 Å². The summed E-state index contributed by atoms with van der Waals surface area (Å²) in [6.07, 6.45) is 3.88. The Bertz CT molecular complexity index is 849. The second-order valence-electron chi connectivity index (χ2n) is 8.86. The number of carbonyl (C=O) groups excluding carboxylic acids is 1. The standard InChI is InChI=1S/C25H38N4O2/c1-19-22(20(2)28(4)26-19)13-9-15-27(3)25(30)23-14-10-16-29(24(23)18-31-5)17-21-11-7-6-8-12-21/h6-8,11-12,23-24H,9-10,13-18H2,1-5H3/t23-,24-/m1/s1. The molecule has 2 heterocycles. The normalized spacial score (nSPS) is 19.5. The summed E-state index contributed by atoms with van der Waals surface area (Å²) in [4.78, 5) is 17.8. The van der Waals surface area contributed by atoms with E-state index in [0.717, 1.165) is 51.0 Å². The average molecular weight is 427 g/mol. The number of aromatic nitrogens is 2. The molecule has 0 bridgehead atoms. The third-order valence-electron chi connectivity index (χ3n) is 6.73. The average Bonchev–Trinajstić information content (AvgIpc) is 3.01. The van der Waals surface area contributed by atoms with Gasteiger partial charge in [-0.15, -0.1) is 0 Å². The molecule has 31 heavy (non-hydrogen) atoms. The minimum atomic E-state index is -0.00993. The molecule has 6 heteroatoms. The van der Waals surface area contributed by atoms with Crippen molar-refractivity contribution in [1.29, 1.82) is 0 Å². The van der Waals surface area contributed by atoms with Crippen molar-refractivity contribution in [2.75, 3.05) is 33.9 Å². The lowest BCUT2D eigenvalue weighted by atomic mass is 9.87. The van der Waals surface area contributed by atoms with Crippen molar-refractivity contribution in [3.63, 3.8) is 0 Å². The number of methoxy groups -OCH3 is 1. The van der Waals surface area contributed by atoms with Crippen LogP contribution in [0.1, 0.15) is 41.8 Å². The highest BCUT2D eigenvalue weighted by atomic mass is 16.5. The minimum absolute atomic E-state index is 0.00993. The van der Waals surface area contributed by atoms with Gasteiger partial charge in [0.05, 0.1) is 18.2 Å². The number of likely N-dealkylation sites (tertiary alicyclic amines) is 1. The van der Waals surface area contributed by atoms with Crippen LogP contribution in [0.25, 0.3) is 0 Å². The molecule has 0 saturated carbocycles. The van der Waals surface area contributed by atoms with Crippen molar-refractivity contribution in [1.82, 2.24) is 19.6 Å². The van der Waals surface area contributed by atoms with E-state index in [2.05, 4.69) is 48.1 Å². The van der Waals surface area contributed by atoms with Gasteiger partial charge >= 0.3 is 0 Å². The maximum Gasteiger partial charge on any atom is 0.227 e. The maximum absolute atomic E-state index is 13.4. The number of hydrogen-bond donors (Lipinski definition) is 0. The zero-order valence-corrected chi connectivity index (χ0v) is 19.8. The van der Waals surface area contributed by atoms with Crippen molar-refractivity contribution in [3.05, 3.63) is 52.8 Å². The fourth-order valence-electron chi connectivity index (χ4n) is 4.89. The molecule has 1 aromatic heterocycles. The number of hydrogen-bond acceptors (Lipinski definition) is 4. The van der Waals surface area contributed by atoms with Gasteiger partial charge in [-0.3, -0.25) is 14.4 Å². The van der Waals surface area contributed by atoms with Crippen LogP contribution in [0.15, 0.2) is 30.3 Å². The van der Waals surface area contributed by atoms with E-state index in [9.17, 15) is 4.79 Å². The molecule has 3 rings (SSSR count). The summed E-state index contributed by atoms with van der Waals surface area (Å²) in [5.41, 5.74) is 4.91. The fraction of sp³-hybridized carbons (Fsp3) is 0.600. The lowest BCUT2D eigenvalue weighted by Gasteiger charge is -2.41. The minimum Gasteiger partial charge on any atom is -0.383 e. The molecule has 6 nitrogen and oxygen atoms in total. The number of ether oxygens (including phenoxy) is 1. The lowest BCUT2D eigenvalue weighted by molar-refractivity contribution is -0.140. The van der Waals surface area contributed by atoms with Crippen LogP contribution in [0.4, 0.5) is 0 Å². The van der Waals surface area contributed by atoms with Gasteiger partial charge in [0, 0.05) is 46.0 Å². The first-order chi connectivity index (χ1) is 14.9. The van der Waals surface area contributed by atoms with Crippen LogP contribution in [-0.4, -0.2) is 65.4 Å². The molecule has 2 aromatic rings. The first-order valence-corrected chi connectivity index (χ1v) is 11.4. The summed E-state index contributed by atoms with van der Waals surface area (Å²) >= 11 is 0. The Labute approximate surface area is 187 Å². The largest absolute Gasteiger partial charge is 0.383 e. The van der Waals surface area contributed by atoms with E-state index in [1.165, 1.54) is 16.8 Å². The van der Waals surface area contributed by atoms with E-state index in [0.29, 0.717) is 6.61 Å². The maximum atomic E-state index is 13.4. The van der Waals surface area contributed by atoms with E-state index in [1.54, 1.807) is 7.11 Å². The van der Waals surface area contributed by atoms with Crippen LogP contribution in [-0.2, 0) is 29.5 Å². The highest BCUT2D eigenvalue weighted by Gasteiger charge is 2.37. The summed E-state index contributed by atoms with van der Waals surface area (Å²) in [5.74, 6) is 0.240. The van der Waals surface area contributed by atoms with Crippen molar-refractivity contribution >= 4 is 5.91 Å². The summed E-state index contributed by atoms with van der Waals surface area (Å²) in [6, 6.07) is 10.6. The van der Waals surface area contributed by atoms with Crippen molar-refractivity contribution in [2.45, 2.75) is 52.1 Å². The van der Waals surface area contributed by atoms with Crippen molar-refractivity contribution < 1.29 is 9.53 Å². The van der Waals surface area contributed by atoms with E-state index < -0.39 is 0 Å². The molecule has 170 valence electrons. The van der Waals surface area contributed by atoms with Crippen molar-refractivity contribution in [3.8, 4) is 0 Å². The van der Waals surface area contributed by atoms with Gasteiger partial charge in [-0.05, 0) is 57.2 Å². The molecular weight excluding hydrogens is 388 g/mol. The smallest absolute Gasteiger partial charge is 0.227 e. The first-order valence-electron chi connectivity index (χ1n) is 11.4. The Balaban J connectivity index is 1.61. The van der Waals surface area contributed by atoms with Gasteiger partial charge in [-0.1, -0.05) is 30.3 Å². The van der Waals surface area contributed by atoms with Gasteiger partial charge in [0.2, 0.25) is 5.91 Å². The molecule has 1 aromatic carbocycles. The lowest BCUT2D eigenvalue weighted by Crippen LogP contribution is -2.52.